The molecule has 1 N–H and O–H groups in total. The third kappa shape index (κ3) is 4.23. The van der Waals surface area contributed by atoms with Crippen molar-refractivity contribution in [3.05, 3.63) is 52.9 Å². The summed E-state index contributed by atoms with van der Waals surface area (Å²) in [5.74, 6) is 2.07. The normalized spacial score (nSPS) is 15.3. The lowest BCUT2D eigenvalue weighted by Crippen LogP contribution is -2.39. The molecule has 0 spiro atoms. The molecule has 3 rings (SSSR count). The summed E-state index contributed by atoms with van der Waals surface area (Å²) in [6, 6.07) is 11.2. The van der Waals surface area contributed by atoms with Crippen LogP contribution in [0, 0.1) is 12.8 Å². The summed E-state index contributed by atoms with van der Waals surface area (Å²) in [4.78, 5) is 22.8. The summed E-state index contributed by atoms with van der Waals surface area (Å²) >= 11 is 5.95. The van der Waals surface area contributed by atoms with Crippen molar-refractivity contribution in [3.8, 4) is 0 Å². The van der Waals surface area contributed by atoms with Crippen molar-refractivity contribution >= 4 is 23.3 Å². The van der Waals surface area contributed by atoms with Gasteiger partial charge in [-0.2, -0.15) is 0 Å². The number of hydrogen-bond acceptors (Lipinski definition) is 4. The quantitative estimate of drug-likeness (QED) is 0.863. The van der Waals surface area contributed by atoms with E-state index in [1.54, 1.807) is 6.07 Å². The maximum Gasteiger partial charge on any atom is 0.253 e. The molecule has 1 amide bonds. The van der Waals surface area contributed by atoms with E-state index in [1.807, 2.05) is 42.2 Å². The van der Waals surface area contributed by atoms with Crippen molar-refractivity contribution in [3.63, 3.8) is 0 Å². The topological polar surface area (TPSA) is 58.1 Å². The number of hydrogen-bond donors (Lipinski definition) is 1. The zero-order chi connectivity index (χ0) is 16.9. The summed E-state index contributed by atoms with van der Waals surface area (Å²) < 4.78 is 0. The molecule has 2 heterocycles. The SMILES string of the molecule is Cc1nc(Cl)cc(NCC2CCN(C(=O)c3ccccc3)CC2)n1. The first kappa shape index (κ1) is 16.7. The monoisotopic (exact) mass is 344 g/mol. The molecular weight excluding hydrogens is 324 g/mol. The Morgan fingerprint density at radius 2 is 1.96 bits per heavy atom. The van der Waals surface area contributed by atoms with Crippen LogP contribution < -0.4 is 5.32 Å². The van der Waals surface area contributed by atoms with Crippen molar-refractivity contribution < 1.29 is 4.79 Å². The molecule has 5 nitrogen and oxygen atoms in total. The lowest BCUT2D eigenvalue weighted by atomic mass is 9.96. The van der Waals surface area contributed by atoms with Crippen molar-refractivity contribution in [2.75, 3.05) is 25.0 Å². The van der Waals surface area contributed by atoms with E-state index in [2.05, 4.69) is 15.3 Å². The minimum Gasteiger partial charge on any atom is -0.370 e. The van der Waals surface area contributed by atoms with Gasteiger partial charge in [0, 0.05) is 31.3 Å². The Morgan fingerprint density at radius 1 is 1.25 bits per heavy atom. The predicted molar refractivity (Wildman–Crippen MR) is 95.3 cm³/mol. The fraction of sp³-hybridized carbons (Fsp3) is 0.389. The van der Waals surface area contributed by atoms with E-state index in [9.17, 15) is 4.79 Å². The summed E-state index contributed by atoms with van der Waals surface area (Å²) in [6.07, 6.45) is 1.98. The average molecular weight is 345 g/mol. The Bertz CT molecular complexity index is 679. The van der Waals surface area contributed by atoms with Crippen molar-refractivity contribution in [2.45, 2.75) is 19.8 Å². The third-order valence-corrected chi connectivity index (χ3v) is 4.49. The van der Waals surface area contributed by atoms with Crippen LogP contribution in [0.2, 0.25) is 5.15 Å². The molecule has 0 bridgehead atoms. The molecule has 0 atom stereocenters. The number of benzene rings is 1. The summed E-state index contributed by atoms with van der Waals surface area (Å²) in [7, 11) is 0. The number of carbonyl (C=O) groups excluding carboxylic acids is 1. The second-order valence-corrected chi connectivity index (χ2v) is 6.49. The number of rotatable bonds is 4. The molecule has 1 fully saturated rings. The maximum absolute atomic E-state index is 12.4. The predicted octanol–water partition coefficient (Wildman–Crippen LogP) is 3.40. The van der Waals surface area contributed by atoms with Gasteiger partial charge in [0.1, 0.15) is 16.8 Å². The summed E-state index contributed by atoms with van der Waals surface area (Å²) in [6.45, 7) is 4.25. The van der Waals surface area contributed by atoms with Gasteiger partial charge in [0.2, 0.25) is 0 Å². The minimum absolute atomic E-state index is 0.125. The molecule has 1 aliphatic rings. The van der Waals surface area contributed by atoms with Gasteiger partial charge >= 0.3 is 0 Å². The molecule has 1 aromatic heterocycles. The molecule has 2 aromatic rings. The number of nitrogens with one attached hydrogen (secondary N) is 1. The van der Waals surface area contributed by atoms with Gasteiger partial charge in [-0.1, -0.05) is 29.8 Å². The van der Waals surface area contributed by atoms with E-state index in [0.29, 0.717) is 16.9 Å². The van der Waals surface area contributed by atoms with Crippen LogP contribution >= 0.6 is 11.6 Å². The van der Waals surface area contributed by atoms with E-state index < -0.39 is 0 Å². The van der Waals surface area contributed by atoms with Gasteiger partial charge in [-0.15, -0.1) is 0 Å². The zero-order valence-corrected chi connectivity index (χ0v) is 14.5. The zero-order valence-electron chi connectivity index (χ0n) is 13.7. The van der Waals surface area contributed by atoms with Crippen LogP contribution in [0.4, 0.5) is 5.82 Å². The third-order valence-electron chi connectivity index (χ3n) is 4.30. The van der Waals surface area contributed by atoms with Crippen LogP contribution in [0.5, 0.6) is 0 Å². The lowest BCUT2D eigenvalue weighted by molar-refractivity contribution is 0.0695. The summed E-state index contributed by atoms with van der Waals surface area (Å²) in [5, 5.41) is 3.78. The van der Waals surface area contributed by atoms with Gasteiger partial charge in [-0.3, -0.25) is 4.79 Å². The first-order valence-electron chi connectivity index (χ1n) is 8.21. The summed E-state index contributed by atoms with van der Waals surface area (Å²) in [5.41, 5.74) is 0.764. The number of halogens is 1. The van der Waals surface area contributed by atoms with E-state index in [1.165, 1.54) is 0 Å². The molecule has 6 heteroatoms. The second-order valence-electron chi connectivity index (χ2n) is 6.11. The van der Waals surface area contributed by atoms with E-state index >= 15 is 0 Å². The van der Waals surface area contributed by atoms with Crippen LogP contribution in [0.1, 0.15) is 29.0 Å². The number of likely N-dealkylation sites (tertiary alicyclic amines) is 1. The second kappa shape index (κ2) is 7.62. The van der Waals surface area contributed by atoms with Crippen LogP contribution in [0.25, 0.3) is 0 Å². The number of carbonyl (C=O) groups is 1. The van der Waals surface area contributed by atoms with Crippen LogP contribution in [-0.4, -0.2) is 40.4 Å². The van der Waals surface area contributed by atoms with E-state index in [4.69, 9.17) is 11.6 Å². The molecule has 126 valence electrons. The lowest BCUT2D eigenvalue weighted by Gasteiger charge is -2.32. The fourth-order valence-electron chi connectivity index (χ4n) is 2.97. The van der Waals surface area contributed by atoms with E-state index in [-0.39, 0.29) is 5.91 Å². The number of aryl methyl sites for hydroxylation is 1. The molecule has 1 aliphatic heterocycles. The fourth-order valence-corrected chi connectivity index (χ4v) is 3.20. The number of amides is 1. The molecular formula is C18H21ClN4O. The Balaban J connectivity index is 1.49. The van der Waals surface area contributed by atoms with Gasteiger partial charge in [-0.25, -0.2) is 9.97 Å². The van der Waals surface area contributed by atoms with Crippen molar-refractivity contribution in [1.82, 2.24) is 14.9 Å². The van der Waals surface area contributed by atoms with Crippen LogP contribution in [-0.2, 0) is 0 Å². The molecule has 1 aromatic carbocycles. The Morgan fingerprint density at radius 3 is 2.62 bits per heavy atom. The Kier molecular flexibility index (Phi) is 5.30. The van der Waals surface area contributed by atoms with E-state index in [0.717, 1.165) is 43.9 Å². The smallest absolute Gasteiger partial charge is 0.253 e. The van der Waals surface area contributed by atoms with Crippen LogP contribution in [0.3, 0.4) is 0 Å². The Hall–Kier alpha value is -2.14. The standard InChI is InChI=1S/C18H21ClN4O/c1-13-21-16(19)11-17(22-13)20-12-14-7-9-23(10-8-14)18(24)15-5-3-2-4-6-15/h2-6,11,14H,7-10,12H2,1H3,(H,20,21,22). The number of aromatic nitrogens is 2. The van der Waals surface area contributed by atoms with Gasteiger partial charge in [0.15, 0.2) is 0 Å². The first-order valence-corrected chi connectivity index (χ1v) is 8.59. The minimum atomic E-state index is 0.125. The molecule has 0 unspecified atom stereocenters. The highest BCUT2D eigenvalue weighted by Crippen LogP contribution is 2.20. The van der Waals surface area contributed by atoms with Gasteiger partial charge in [0.25, 0.3) is 5.91 Å². The molecule has 0 saturated carbocycles. The molecule has 0 aliphatic carbocycles. The molecule has 1 saturated heterocycles. The number of piperidine rings is 1. The average Bonchev–Trinajstić information content (AvgIpc) is 2.60. The van der Waals surface area contributed by atoms with Gasteiger partial charge in [0.05, 0.1) is 0 Å². The molecule has 0 radical (unpaired) electrons. The van der Waals surface area contributed by atoms with Gasteiger partial charge < -0.3 is 10.2 Å². The van der Waals surface area contributed by atoms with Crippen LogP contribution in [0.15, 0.2) is 36.4 Å². The highest BCUT2D eigenvalue weighted by Gasteiger charge is 2.23. The Labute approximate surface area is 147 Å². The van der Waals surface area contributed by atoms with Crippen molar-refractivity contribution in [1.29, 1.82) is 0 Å². The highest BCUT2D eigenvalue weighted by molar-refractivity contribution is 6.29. The molecule has 24 heavy (non-hydrogen) atoms. The first-order chi connectivity index (χ1) is 11.6. The highest BCUT2D eigenvalue weighted by atomic mass is 35.5. The van der Waals surface area contributed by atoms with Crippen molar-refractivity contribution in [2.24, 2.45) is 5.92 Å². The van der Waals surface area contributed by atoms with Gasteiger partial charge in [-0.05, 0) is 37.8 Å². The maximum atomic E-state index is 12.4. The number of nitrogens with zero attached hydrogens (tertiary/aromatic N) is 3. The number of anilines is 1. The largest absolute Gasteiger partial charge is 0.370 e.